The summed E-state index contributed by atoms with van der Waals surface area (Å²) < 4.78 is 69.4. The van der Waals surface area contributed by atoms with E-state index in [2.05, 4.69) is 5.32 Å². The van der Waals surface area contributed by atoms with Crippen molar-refractivity contribution in [3.63, 3.8) is 0 Å². The van der Waals surface area contributed by atoms with Crippen LogP contribution in [0.25, 0.3) is 6.08 Å². The molecule has 2 aromatic carbocycles. The van der Waals surface area contributed by atoms with Crippen LogP contribution in [0.1, 0.15) is 18.1 Å². The van der Waals surface area contributed by atoms with Crippen molar-refractivity contribution >= 4 is 33.7 Å². The number of anilines is 1. The van der Waals surface area contributed by atoms with Crippen molar-refractivity contribution in [2.24, 2.45) is 0 Å². The van der Waals surface area contributed by atoms with Gasteiger partial charge in [-0.05, 0) is 48.9 Å². The van der Waals surface area contributed by atoms with Crippen LogP contribution >= 0.6 is 0 Å². The molecular formula is C20H19F3N2O5S. The molecule has 0 aliphatic rings. The molecule has 2 aromatic rings. The van der Waals surface area contributed by atoms with Crippen LogP contribution in [-0.4, -0.2) is 33.4 Å². The van der Waals surface area contributed by atoms with E-state index in [9.17, 15) is 31.2 Å². The van der Waals surface area contributed by atoms with Gasteiger partial charge in [-0.25, -0.2) is 17.9 Å². The standard InChI is InChI=1S/C20H19F3N2O5S/c1-2-30-19(27)11-8-14-6-9-16(10-7-14)25-18(26)13-24-31(28,29)17-5-3-4-15(12-17)20(21,22)23/h3-12,24H,2,13H2,1H3,(H,25,26)/b11-8+. The van der Waals surface area contributed by atoms with Crippen molar-refractivity contribution in [3.05, 3.63) is 65.7 Å². The molecule has 0 bridgehead atoms. The predicted molar refractivity (Wildman–Crippen MR) is 107 cm³/mol. The third-order valence-electron chi connectivity index (χ3n) is 3.79. The summed E-state index contributed by atoms with van der Waals surface area (Å²) in [4.78, 5) is 22.7. The molecule has 2 rings (SSSR count). The Bertz CT molecular complexity index is 1060. The molecule has 7 nitrogen and oxygen atoms in total. The Kier molecular flexibility index (Phi) is 7.95. The fourth-order valence-corrected chi connectivity index (χ4v) is 3.35. The minimum atomic E-state index is -4.69. The van der Waals surface area contributed by atoms with Crippen molar-refractivity contribution in [1.82, 2.24) is 4.72 Å². The number of amides is 1. The van der Waals surface area contributed by atoms with Crippen molar-refractivity contribution in [3.8, 4) is 0 Å². The van der Waals surface area contributed by atoms with E-state index in [4.69, 9.17) is 4.74 Å². The highest BCUT2D eigenvalue weighted by Gasteiger charge is 2.31. The molecule has 0 aliphatic heterocycles. The molecule has 31 heavy (non-hydrogen) atoms. The van der Waals surface area contributed by atoms with Gasteiger partial charge in [0.05, 0.1) is 23.6 Å². The van der Waals surface area contributed by atoms with Gasteiger partial charge < -0.3 is 10.1 Å². The molecule has 0 spiro atoms. The second kappa shape index (κ2) is 10.2. The molecule has 0 radical (unpaired) electrons. The SMILES string of the molecule is CCOC(=O)/C=C/c1ccc(NC(=O)CNS(=O)(=O)c2cccc(C(F)(F)F)c2)cc1. The minimum Gasteiger partial charge on any atom is -0.463 e. The molecule has 0 saturated carbocycles. The summed E-state index contributed by atoms with van der Waals surface area (Å²) in [6.45, 7) is 1.26. The highest BCUT2D eigenvalue weighted by Crippen LogP contribution is 2.30. The highest BCUT2D eigenvalue weighted by atomic mass is 32.2. The van der Waals surface area contributed by atoms with Gasteiger partial charge in [0, 0.05) is 11.8 Å². The maximum absolute atomic E-state index is 12.8. The number of esters is 1. The summed E-state index contributed by atoms with van der Waals surface area (Å²) in [6, 6.07) is 9.48. The third-order valence-corrected chi connectivity index (χ3v) is 5.19. The third kappa shape index (κ3) is 7.54. The van der Waals surface area contributed by atoms with E-state index < -0.39 is 45.1 Å². The molecule has 1 amide bonds. The Morgan fingerprint density at radius 2 is 1.77 bits per heavy atom. The topological polar surface area (TPSA) is 102 Å². The zero-order valence-corrected chi connectivity index (χ0v) is 17.1. The lowest BCUT2D eigenvalue weighted by Crippen LogP contribution is -2.33. The fraction of sp³-hybridized carbons (Fsp3) is 0.200. The first-order valence-electron chi connectivity index (χ1n) is 8.93. The second-order valence-corrected chi connectivity index (χ2v) is 7.87. The molecule has 0 atom stereocenters. The maximum atomic E-state index is 12.8. The normalized spacial score (nSPS) is 12.0. The monoisotopic (exact) mass is 456 g/mol. The lowest BCUT2D eigenvalue weighted by atomic mass is 10.2. The average molecular weight is 456 g/mol. The quantitative estimate of drug-likeness (QED) is 0.469. The van der Waals surface area contributed by atoms with Gasteiger partial charge in [0.1, 0.15) is 0 Å². The molecule has 0 heterocycles. The zero-order valence-electron chi connectivity index (χ0n) is 16.3. The van der Waals surface area contributed by atoms with Crippen molar-refractivity contribution in [2.75, 3.05) is 18.5 Å². The fourth-order valence-electron chi connectivity index (χ4n) is 2.32. The maximum Gasteiger partial charge on any atom is 0.416 e. The lowest BCUT2D eigenvalue weighted by Gasteiger charge is -2.10. The number of alkyl halides is 3. The van der Waals surface area contributed by atoms with E-state index in [1.807, 2.05) is 4.72 Å². The lowest BCUT2D eigenvalue weighted by molar-refractivity contribution is -0.138. The van der Waals surface area contributed by atoms with E-state index in [1.54, 1.807) is 19.1 Å². The molecule has 0 aromatic heterocycles. The first-order valence-corrected chi connectivity index (χ1v) is 10.4. The molecule has 0 aliphatic carbocycles. The number of rotatable bonds is 8. The first kappa shape index (κ1) is 24.1. The number of nitrogens with one attached hydrogen (secondary N) is 2. The summed E-state index contributed by atoms with van der Waals surface area (Å²) in [5.74, 6) is -1.21. The Hall–Kier alpha value is -3.18. The van der Waals surface area contributed by atoms with Crippen molar-refractivity contribution in [2.45, 2.75) is 18.0 Å². The molecule has 166 valence electrons. The molecule has 0 unspecified atom stereocenters. The van der Waals surface area contributed by atoms with Crippen LogP contribution < -0.4 is 10.0 Å². The van der Waals surface area contributed by atoms with Crippen LogP contribution in [0.3, 0.4) is 0 Å². The molecule has 0 saturated heterocycles. The predicted octanol–water partition coefficient (Wildman–Crippen LogP) is 3.20. The van der Waals surface area contributed by atoms with Gasteiger partial charge in [0.15, 0.2) is 0 Å². The van der Waals surface area contributed by atoms with Crippen LogP contribution in [-0.2, 0) is 30.5 Å². The molecule has 11 heteroatoms. The summed E-state index contributed by atoms with van der Waals surface area (Å²) in [5.41, 5.74) is -0.0928. The smallest absolute Gasteiger partial charge is 0.416 e. The zero-order chi connectivity index (χ0) is 23.1. The van der Waals surface area contributed by atoms with Crippen LogP contribution in [0.4, 0.5) is 18.9 Å². The van der Waals surface area contributed by atoms with Crippen molar-refractivity contribution < 1.29 is 35.9 Å². The Morgan fingerprint density at radius 3 is 2.39 bits per heavy atom. The number of ether oxygens (including phenoxy) is 1. The van der Waals surface area contributed by atoms with Crippen LogP contribution in [0.15, 0.2) is 59.5 Å². The van der Waals surface area contributed by atoms with Gasteiger partial charge in [-0.1, -0.05) is 18.2 Å². The Labute approximate surface area is 177 Å². The largest absolute Gasteiger partial charge is 0.463 e. The van der Waals surface area contributed by atoms with E-state index >= 15 is 0 Å². The van der Waals surface area contributed by atoms with Gasteiger partial charge >= 0.3 is 12.1 Å². The highest BCUT2D eigenvalue weighted by molar-refractivity contribution is 7.89. The Morgan fingerprint density at radius 1 is 1.10 bits per heavy atom. The number of benzene rings is 2. The first-order chi connectivity index (χ1) is 14.5. The average Bonchev–Trinajstić information content (AvgIpc) is 2.72. The van der Waals surface area contributed by atoms with Gasteiger partial charge in [-0.15, -0.1) is 0 Å². The number of carbonyl (C=O) groups is 2. The van der Waals surface area contributed by atoms with Crippen LogP contribution in [0, 0.1) is 0 Å². The summed E-state index contributed by atoms with van der Waals surface area (Å²) in [7, 11) is -4.32. The van der Waals surface area contributed by atoms with E-state index in [0.717, 1.165) is 18.2 Å². The number of sulfonamides is 1. The summed E-state index contributed by atoms with van der Waals surface area (Å²) >= 11 is 0. The van der Waals surface area contributed by atoms with E-state index in [1.165, 1.54) is 24.3 Å². The summed E-state index contributed by atoms with van der Waals surface area (Å²) in [5, 5.41) is 2.45. The van der Waals surface area contributed by atoms with Crippen LogP contribution in [0.5, 0.6) is 0 Å². The van der Waals surface area contributed by atoms with Gasteiger partial charge in [0.2, 0.25) is 15.9 Å². The number of carbonyl (C=O) groups excluding carboxylic acids is 2. The van der Waals surface area contributed by atoms with Gasteiger partial charge in [0.25, 0.3) is 0 Å². The minimum absolute atomic E-state index is 0.256. The van der Waals surface area contributed by atoms with Gasteiger partial charge in [-0.2, -0.15) is 13.2 Å². The Balaban J connectivity index is 1.95. The van der Waals surface area contributed by atoms with Crippen LogP contribution in [0.2, 0.25) is 0 Å². The van der Waals surface area contributed by atoms with E-state index in [0.29, 0.717) is 17.3 Å². The number of hydrogen-bond donors (Lipinski definition) is 2. The van der Waals surface area contributed by atoms with Gasteiger partial charge in [-0.3, -0.25) is 4.79 Å². The number of halogens is 3. The molecular weight excluding hydrogens is 437 g/mol. The van der Waals surface area contributed by atoms with E-state index in [-0.39, 0.29) is 6.61 Å². The van der Waals surface area contributed by atoms with Crippen molar-refractivity contribution in [1.29, 1.82) is 0 Å². The molecule has 0 fully saturated rings. The number of hydrogen-bond acceptors (Lipinski definition) is 5. The molecule has 2 N–H and O–H groups in total. The second-order valence-electron chi connectivity index (χ2n) is 6.11. The summed E-state index contributed by atoms with van der Waals surface area (Å²) in [6.07, 6.45) is -1.92.